The van der Waals surface area contributed by atoms with Crippen LogP contribution >= 0.6 is 0 Å². The van der Waals surface area contributed by atoms with Gasteiger partial charge in [0.25, 0.3) is 0 Å². The highest BCUT2D eigenvalue weighted by Crippen LogP contribution is 2.38. The Morgan fingerprint density at radius 3 is 1.75 bits per heavy atom. The van der Waals surface area contributed by atoms with Gasteiger partial charge in [-0.25, -0.2) is 0 Å². The highest BCUT2D eigenvalue weighted by atomic mass is 16.6. The molecule has 1 aromatic carbocycles. The Balaban J connectivity index is 3.30. The normalized spacial score (nSPS) is 10.3. The minimum absolute atomic E-state index is 0.0222. The molecule has 0 unspecified atom stereocenters. The van der Waals surface area contributed by atoms with Gasteiger partial charge in [0.05, 0.1) is 18.8 Å². The number of phenolic OH excluding ortho intramolecular Hbond substituents is 3. The first-order valence-electron chi connectivity index (χ1n) is 6.00. The van der Waals surface area contributed by atoms with E-state index in [-0.39, 0.29) is 18.8 Å². The van der Waals surface area contributed by atoms with Crippen molar-refractivity contribution in [2.24, 2.45) is 0 Å². The number of hydrogen-bond acceptors (Lipinski definition) is 7. The molecule has 1 aromatic rings. The smallest absolute Gasteiger partial charge is 0.325 e. The zero-order valence-electron chi connectivity index (χ0n) is 11.1. The van der Waals surface area contributed by atoms with Crippen molar-refractivity contribution in [3.05, 3.63) is 17.7 Å². The molecule has 0 saturated carbocycles. The fraction of sp³-hybridized carbons (Fsp3) is 0.385. The van der Waals surface area contributed by atoms with E-state index in [1.165, 1.54) is 0 Å². The third kappa shape index (κ3) is 3.31. The minimum Gasteiger partial charge on any atom is -0.508 e. The molecule has 1 rings (SSSR count). The van der Waals surface area contributed by atoms with Crippen LogP contribution in [0.5, 0.6) is 17.2 Å². The topological polar surface area (TPSA) is 113 Å². The monoisotopic (exact) mass is 284 g/mol. The summed E-state index contributed by atoms with van der Waals surface area (Å²) in [5, 5.41) is 28.7. The Labute approximate surface area is 115 Å². The van der Waals surface area contributed by atoms with Crippen molar-refractivity contribution < 1.29 is 34.4 Å². The molecular formula is C13H16O7. The number of benzene rings is 1. The third-order valence-electron chi connectivity index (χ3n) is 2.45. The molecule has 0 heterocycles. The van der Waals surface area contributed by atoms with Crippen molar-refractivity contribution >= 4 is 11.9 Å². The van der Waals surface area contributed by atoms with Crippen molar-refractivity contribution in [2.45, 2.75) is 19.8 Å². The van der Waals surface area contributed by atoms with Crippen LogP contribution in [0.3, 0.4) is 0 Å². The maximum absolute atomic E-state index is 11.8. The zero-order valence-corrected chi connectivity index (χ0v) is 11.1. The van der Waals surface area contributed by atoms with E-state index in [1.54, 1.807) is 13.8 Å². The molecule has 0 aliphatic heterocycles. The summed E-state index contributed by atoms with van der Waals surface area (Å²) in [7, 11) is 0. The quantitative estimate of drug-likeness (QED) is 0.546. The van der Waals surface area contributed by atoms with Crippen molar-refractivity contribution in [2.75, 3.05) is 13.2 Å². The summed E-state index contributed by atoms with van der Waals surface area (Å²) in [6, 6.07) is 1.81. The molecule has 0 radical (unpaired) electrons. The molecular weight excluding hydrogens is 268 g/mol. The standard InChI is InChI=1S/C13H16O7/c1-3-19-12(17)11(13(18)20-4-2)10-8(15)5-7(14)6-9(10)16/h5-6,11,14-16H,3-4H2,1-2H3. The average Bonchev–Trinajstić information content (AvgIpc) is 2.33. The second kappa shape index (κ2) is 6.65. The number of carbonyl (C=O) groups is 2. The summed E-state index contributed by atoms with van der Waals surface area (Å²) in [4.78, 5) is 23.7. The van der Waals surface area contributed by atoms with Gasteiger partial charge in [0.2, 0.25) is 0 Å². The van der Waals surface area contributed by atoms with Gasteiger partial charge in [-0.3, -0.25) is 9.59 Å². The summed E-state index contributed by atoms with van der Waals surface area (Å²) < 4.78 is 9.48. The summed E-state index contributed by atoms with van der Waals surface area (Å²) in [6.07, 6.45) is 0. The van der Waals surface area contributed by atoms with Crippen molar-refractivity contribution in [3.8, 4) is 17.2 Å². The number of aromatic hydroxyl groups is 3. The van der Waals surface area contributed by atoms with Gasteiger partial charge in [-0.05, 0) is 13.8 Å². The summed E-state index contributed by atoms with van der Waals surface area (Å²) >= 11 is 0. The second-order valence-corrected chi connectivity index (χ2v) is 3.83. The fourth-order valence-corrected chi connectivity index (χ4v) is 1.69. The lowest BCUT2D eigenvalue weighted by Crippen LogP contribution is -2.26. The molecule has 110 valence electrons. The maximum Gasteiger partial charge on any atom is 0.325 e. The van der Waals surface area contributed by atoms with E-state index in [9.17, 15) is 24.9 Å². The van der Waals surface area contributed by atoms with Crippen LogP contribution in [-0.4, -0.2) is 40.5 Å². The van der Waals surface area contributed by atoms with Gasteiger partial charge in [-0.15, -0.1) is 0 Å². The Kier molecular flexibility index (Phi) is 5.19. The predicted octanol–water partition coefficient (Wildman–Crippen LogP) is 1.01. The average molecular weight is 284 g/mol. The van der Waals surface area contributed by atoms with Crippen LogP contribution in [0.25, 0.3) is 0 Å². The first-order chi connectivity index (χ1) is 9.42. The Bertz CT molecular complexity index is 468. The lowest BCUT2D eigenvalue weighted by atomic mass is 9.97. The SMILES string of the molecule is CCOC(=O)C(C(=O)OCC)c1c(O)cc(O)cc1O. The van der Waals surface area contributed by atoms with E-state index in [4.69, 9.17) is 9.47 Å². The van der Waals surface area contributed by atoms with E-state index in [1.807, 2.05) is 0 Å². The highest BCUT2D eigenvalue weighted by molar-refractivity contribution is 6.02. The number of hydrogen-bond donors (Lipinski definition) is 3. The Morgan fingerprint density at radius 1 is 1.00 bits per heavy atom. The molecule has 3 N–H and O–H groups in total. The van der Waals surface area contributed by atoms with Crippen LogP contribution in [0.1, 0.15) is 25.3 Å². The molecule has 0 aliphatic rings. The van der Waals surface area contributed by atoms with Crippen LogP contribution in [-0.2, 0) is 19.1 Å². The van der Waals surface area contributed by atoms with E-state index >= 15 is 0 Å². The molecule has 0 fully saturated rings. The molecule has 0 amide bonds. The first kappa shape index (κ1) is 15.6. The van der Waals surface area contributed by atoms with Crippen molar-refractivity contribution in [3.63, 3.8) is 0 Å². The molecule has 7 nitrogen and oxygen atoms in total. The van der Waals surface area contributed by atoms with Gasteiger partial charge in [0.1, 0.15) is 17.2 Å². The first-order valence-corrected chi connectivity index (χ1v) is 6.00. The largest absolute Gasteiger partial charge is 0.508 e. The number of esters is 2. The molecule has 0 aliphatic carbocycles. The maximum atomic E-state index is 11.8. The van der Waals surface area contributed by atoms with E-state index in [0.717, 1.165) is 12.1 Å². The minimum atomic E-state index is -1.62. The van der Waals surface area contributed by atoms with E-state index in [0.29, 0.717) is 0 Å². The number of phenols is 3. The van der Waals surface area contributed by atoms with Gasteiger partial charge in [0.15, 0.2) is 5.92 Å². The van der Waals surface area contributed by atoms with Crippen LogP contribution in [0.15, 0.2) is 12.1 Å². The molecule has 7 heteroatoms. The number of rotatable bonds is 5. The van der Waals surface area contributed by atoms with E-state index < -0.39 is 35.1 Å². The summed E-state index contributed by atoms with van der Waals surface area (Å²) in [5.41, 5.74) is -0.361. The lowest BCUT2D eigenvalue weighted by Gasteiger charge is -2.17. The van der Waals surface area contributed by atoms with Gasteiger partial charge >= 0.3 is 11.9 Å². The molecule has 0 bridgehead atoms. The van der Waals surface area contributed by atoms with Gasteiger partial charge in [-0.2, -0.15) is 0 Å². The summed E-state index contributed by atoms with van der Waals surface area (Å²) in [6.45, 7) is 3.15. The van der Waals surface area contributed by atoms with Crippen LogP contribution in [0.4, 0.5) is 0 Å². The van der Waals surface area contributed by atoms with Crippen molar-refractivity contribution in [1.82, 2.24) is 0 Å². The van der Waals surface area contributed by atoms with Crippen molar-refractivity contribution in [1.29, 1.82) is 0 Å². The molecule has 0 atom stereocenters. The highest BCUT2D eigenvalue weighted by Gasteiger charge is 2.36. The molecule has 0 aromatic heterocycles. The van der Waals surface area contributed by atoms with Crippen LogP contribution in [0, 0.1) is 0 Å². The fourth-order valence-electron chi connectivity index (χ4n) is 1.69. The number of ether oxygens (including phenoxy) is 2. The van der Waals surface area contributed by atoms with Crippen LogP contribution in [0.2, 0.25) is 0 Å². The zero-order chi connectivity index (χ0) is 15.3. The predicted molar refractivity (Wildman–Crippen MR) is 67.4 cm³/mol. The number of carbonyl (C=O) groups excluding carboxylic acids is 2. The molecule has 20 heavy (non-hydrogen) atoms. The Morgan fingerprint density at radius 2 is 1.40 bits per heavy atom. The summed E-state index contributed by atoms with van der Waals surface area (Å²) in [5.74, 6) is -5.14. The van der Waals surface area contributed by atoms with Gasteiger partial charge in [-0.1, -0.05) is 0 Å². The third-order valence-corrected chi connectivity index (χ3v) is 2.45. The van der Waals surface area contributed by atoms with E-state index in [2.05, 4.69) is 0 Å². The van der Waals surface area contributed by atoms with Gasteiger partial charge < -0.3 is 24.8 Å². The van der Waals surface area contributed by atoms with Crippen LogP contribution < -0.4 is 0 Å². The molecule has 0 spiro atoms. The van der Waals surface area contributed by atoms with Gasteiger partial charge in [0, 0.05) is 12.1 Å². The molecule has 0 saturated heterocycles. The lowest BCUT2D eigenvalue weighted by molar-refractivity contribution is -0.157. The second-order valence-electron chi connectivity index (χ2n) is 3.83. The Hall–Kier alpha value is -2.44.